The number of ether oxygens (including phenoxy) is 1. The van der Waals surface area contributed by atoms with Crippen molar-refractivity contribution in [1.29, 1.82) is 0 Å². The molecule has 2 atom stereocenters. The Morgan fingerprint density at radius 1 is 1.35 bits per heavy atom. The van der Waals surface area contributed by atoms with Crippen LogP contribution in [0.15, 0.2) is 24.2 Å². The lowest BCUT2D eigenvalue weighted by Crippen LogP contribution is -2.15. The summed E-state index contributed by atoms with van der Waals surface area (Å²) < 4.78 is 7.48. The van der Waals surface area contributed by atoms with Gasteiger partial charge in [0.15, 0.2) is 5.88 Å². The van der Waals surface area contributed by atoms with Crippen LogP contribution < -0.4 is 16.8 Å². The highest BCUT2D eigenvalue weighted by Crippen LogP contribution is 2.38. The Kier molecular flexibility index (Phi) is 4.61. The van der Waals surface area contributed by atoms with Crippen LogP contribution in [0.2, 0.25) is 0 Å². The standard InChI is InChI=1S/C17H27N5O/c1-11-7-21-22(2)17(11)15(18)3-4-16(19)23-10-12-5-13-8-20-9-14(13)6-12/h3-4,7,12-14,20H,5-6,8-10,18-19H2,1-2H3/b15-3-,16-4+. The number of fused-ring (bicyclic) bond motifs is 1. The SMILES string of the molecule is Cc1cnn(C)c1/C(N)=C/C=C(\N)OCC1CC2CNCC2C1. The van der Waals surface area contributed by atoms with Crippen LogP contribution >= 0.6 is 0 Å². The van der Waals surface area contributed by atoms with Crippen LogP contribution in [0.5, 0.6) is 0 Å². The predicted octanol–water partition coefficient (Wildman–Crippen LogP) is 1.09. The summed E-state index contributed by atoms with van der Waals surface area (Å²) in [5.41, 5.74) is 14.6. The van der Waals surface area contributed by atoms with Gasteiger partial charge in [0.2, 0.25) is 0 Å². The first-order chi connectivity index (χ1) is 11.0. The number of allylic oxidation sites excluding steroid dienone is 2. The van der Waals surface area contributed by atoms with Gasteiger partial charge in [-0.2, -0.15) is 5.10 Å². The summed E-state index contributed by atoms with van der Waals surface area (Å²) >= 11 is 0. The van der Waals surface area contributed by atoms with Gasteiger partial charge in [-0.25, -0.2) is 0 Å². The largest absolute Gasteiger partial charge is 0.479 e. The fourth-order valence-corrected chi connectivity index (χ4v) is 3.90. The van der Waals surface area contributed by atoms with Gasteiger partial charge >= 0.3 is 0 Å². The Labute approximate surface area is 137 Å². The summed E-state index contributed by atoms with van der Waals surface area (Å²) in [5, 5.41) is 7.65. The topological polar surface area (TPSA) is 91.1 Å². The molecule has 1 aliphatic carbocycles. The molecule has 126 valence electrons. The fourth-order valence-electron chi connectivity index (χ4n) is 3.90. The molecule has 1 aromatic heterocycles. The molecule has 6 heteroatoms. The van der Waals surface area contributed by atoms with Crippen molar-refractivity contribution in [3.05, 3.63) is 35.5 Å². The molecule has 1 saturated carbocycles. The van der Waals surface area contributed by atoms with Crippen molar-refractivity contribution in [3.63, 3.8) is 0 Å². The molecule has 23 heavy (non-hydrogen) atoms. The second-order valence-electron chi connectivity index (χ2n) is 6.82. The summed E-state index contributed by atoms with van der Waals surface area (Å²) in [6.07, 6.45) is 7.81. The van der Waals surface area contributed by atoms with E-state index in [1.54, 1.807) is 23.0 Å². The predicted molar refractivity (Wildman–Crippen MR) is 90.9 cm³/mol. The van der Waals surface area contributed by atoms with Crippen molar-refractivity contribution in [2.45, 2.75) is 19.8 Å². The summed E-state index contributed by atoms with van der Waals surface area (Å²) in [6.45, 7) is 5.01. The number of aryl methyl sites for hydroxylation is 2. The molecule has 0 aromatic carbocycles. The lowest BCUT2D eigenvalue weighted by Gasteiger charge is -2.12. The zero-order valence-corrected chi connectivity index (χ0v) is 14.0. The van der Waals surface area contributed by atoms with E-state index in [9.17, 15) is 0 Å². The van der Waals surface area contributed by atoms with Gasteiger partial charge in [-0.3, -0.25) is 4.68 Å². The molecular formula is C17H27N5O. The molecule has 0 amide bonds. The van der Waals surface area contributed by atoms with E-state index in [1.165, 1.54) is 12.8 Å². The third-order valence-electron chi connectivity index (χ3n) is 5.06. The van der Waals surface area contributed by atoms with Crippen LogP contribution in [0.1, 0.15) is 24.1 Å². The Hall–Kier alpha value is -1.95. The van der Waals surface area contributed by atoms with E-state index in [4.69, 9.17) is 16.2 Å². The third-order valence-corrected chi connectivity index (χ3v) is 5.06. The zero-order valence-electron chi connectivity index (χ0n) is 14.0. The Balaban J connectivity index is 1.53. The van der Waals surface area contributed by atoms with Crippen LogP contribution in [0.25, 0.3) is 5.70 Å². The van der Waals surface area contributed by atoms with Crippen molar-refractivity contribution < 1.29 is 4.74 Å². The minimum absolute atomic E-state index is 0.419. The first-order valence-electron chi connectivity index (χ1n) is 8.30. The van der Waals surface area contributed by atoms with E-state index < -0.39 is 0 Å². The lowest BCUT2D eigenvalue weighted by molar-refractivity contribution is 0.161. The monoisotopic (exact) mass is 317 g/mol. The van der Waals surface area contributed by atoms with Gasteiger partial charge in [0.25, 0.3) is 0 Å². The average molecular weight is 317 g/mol. The van der Waals surface area contributed by atoms with Gasteiger partial charge in [0.1, 0.15) is 0 Å². The number of hydrogen-bond donors (Lipinski definition) is 3. The Bertz CT molecular complexity index is 587. The molecule has 1 saturated heterocycles. The second-order valence-corrected chi connectivity index (χ2v) is 6.82. The molecular weight excluding hydrogens is 290 g/mol. The molecule has 2 unspecified atom stereocenters. The summed E-state index contributed by atoms with van der Waals surface area (Å²) in [6, 6.07) is 0. The number of nitrogens with zero attached hydrogens (tertiary/aromatic N) is 2. The maximum atomic E-state index is 6.11. The first kappa shape index (κ1) is 15.9. The maximum Gasteiger partial charge on any atom is 0.183 e. The van der Waals surface area contributed by atoms with Gasteiger partial charge in [0, 0.05) is 7.05 Å². The van der Waals surface area contributed by atoms with Gasteiger partial charge in [-0.15, -0.1) is 0 Å². The molecule has 0 radical (unpaired) electrons. The van der Waals surface area contributed by atoms with Gasteiger partial charge in [-0.1, -0.05) is 0 Å². The van der Waals surface area contributed by atoms with E-state index >= 15 is 0 Å². The smallest absolute Gasteiger partial charge is 0.183 e. The van der Waals surface area contributed by atoms with Crippen LogP contribution in [0.3, 0.4) is 0 Å². The molecule has 3 rings (SSSR count). The number of rotatable bonds is 5. The molecule has 2 heterocycles. The fraction of sp³-hybridized carbons (Fsp3) is 0.588. The number of hydrogen-bond acceptors (Lipinski definition) is 5. The van der Waals surface area contributed by atoms with Crippen molar-refractivity contribution in [3.8, 4) is 0 Å². The van der Waals surface area contributed by atoms with Crippen LogP contribution in [-0.2, 0) is 11.8 Å². The van der Waals surface area contributed by atoms with E-state index in [1.807, 2.05) is 14.0 Å². The lowest BCUT2D eigenvalue weighted by atomic mass is 10.0. The normalized spacial score (nSPS) is 28.2. The number of nitrogens with one attached hydrogen (secondary N) is 1. The maximum absolute atomic E-state index is 6.11. The minimum Gasteiger partial charge on any atom is -0.479 e. The quantitative estimate of drug-likeness (QED) is 0.558. The molecule has 0 spiro atoms. The second kappa shape index (κ2) is 6.66. The number of aromatic nitrogens is 2. The van der Waals surface area contributed by atoms with Gasteiger partial charge in [0.05, 0.1) is 24.2 Å². The van der Waals surface area contributed by atoms with Crippen molar-refractivity contribution >= 4 is 5.70 Å². The summed E-state index contributed by atoms with van der Waals surface area (Å²) in [7, 11) is 1.87. The molecule has 2 fully saturated rings. The van der Waals surface area contributed by atoms with Crippen molar-refractivity contribution in [1.82, 2.24) is 15.1 Å². The van der Waals surface area contributed by atoms with Crippen molar-refractivity contribution in [2.24, 2.45) is 36.3 Å². The van der Waals surface area contributed by atoms with Crippen LogP contribution in [0, 0.1) is 24.7 Å². The Morgan fingerprint density at radius 2 is 2.04 bits per heavy atom. The van der Waals surface area contributed by atoms with Crippen LogP contribution in [-0.4, -0.2) is 29.5 Å². The molecule has 0 bridgehead atoms. The van der Waals surface area contributed by atoms with E-state index in [0.717, 1.165) is 36.2 Å². The molecule has 1 aromatic rings. The van der Waals surface area contributed by atoms with Crippen LogP contribution in [0.4, 0.5) is 0 Å². The molecule has 5 N–H and O–H groups in total. The van der Waals surface area contributed by atoms with E-state index in [2.05, 4.69) is 10.4 Å². The van der Waals surface area contributed by atoms with Gasteiger partial charge in [-0.05, 0) is 68.3 Å². The third kappa shape index (κ3) is 3.52. The van der Waals surface area contributed by atoms with Crippen molar-refractivity contribution in [2.75, 3.05) is 19.7 Å². The van der Waals surface area contributed by atoms with E-state index in [0.29, 0.717) is 24.1 Å². The molecule has 2 aliphatic rings. The number of nitrogens with two attached hydrogens (primary N) is 2. The first-order valence-corrected chi connectivity index (χ1v) is 8.30. The highest BCUT2D eigenvalue weighted by atomic mass is 16.5. The molecule has 6 nitrogen and oxygen atoms in total. The van der Waals surface area contributed by atoms with Gasteiger partial charge < -0.3 is 21.5 Å². The molecule has 1 aliphatic heterocycles. The highest BCUT2D eigenvalue weighted by molar-refractivity contribution is 5.63. The Morgan fingerprint density at radius 3 is 2.65 bits per heavy atom. The zero-order chi connectivity index (χ0) is 16.4. The highest BCUT2D eigenvalue weighted by Gasteiger charge is 2.37. The minimum atomic E-state index is 0.419. The average Bonchev–Trinajstić information content (AvgIpc) is 3.18. The summed E-state index contributed by atoms with van der Waals surface area (Å²) in [5.74, 6) is 2.71. The van der Waals surface area contributed by atoms with E-state index in [-0.39, 0.29) is 0 Å². The summed E-state index contributed by atoms with van der Waals surface area (Å²) in [4.78, 5) is 0.